The average molecular weight is 590 g/mol. The van der Waals surface area contributed by atoms with Crippen molar-refractivity contribution in [2.45, 2.75) is 20.1 Å². The van der Waals surface area contributed by atoms with Crippen LogP contribution in [-0.2, 0) is 17.9 Å². The molecule has 0 unspecified atom stereocenters. The molecule has 0 saturated carbocycles. The summed E-state index contributed by atoms with van der Waals surface area (Å²) in [5.74, 6) is 0.768. The molecular formula is C32H26Cl2N2O3S. The van der Waals surface area contributed by atoms with Crippen LogP contribution < -0.4 is 14.4 Å². The molecule has 1 fully saturated rings. The molecule has 0 spiro atoms. The van der Waals surface area contributed by atoms with Gasteiger partial charge in [0.2, 0.25) is 0 Å². The van der Waals surface area contributed by atoms with E-state index in [0.29, 0.717) is 51.1 Å². The molecule has 0 radical (unpaired) electrons. The molecule has 40 heavy (non-hydrogen) atoms. The first-order valence-corrected chi connectivity index (χ1v) is 13.9. The first-order chi connectivity index (χ1) is 19.5. The highest BCUT2D eigenvalue weighted by molar-refractivity contribution is 7.80. The van der Waals surface area contributed by atoms with Crippen LogP contribution in [0.5, 0.6) is 11.5 Å². The number of nitrogens with zero attached hydrogens (tertiary/aromatic N) is 2. The molecule has 1 amide bonds. The molecular weight excluding hydrogens is 563 g/mol. The second-order valence-corrected chi connectivity index (χ2v) is 10.2. The molecule has 5 rings (SSSR count). The molecule has 1 saturated heterocycles. The molecule has 1 aliphatic heterocycles. The minimum atomic E-state index is -0.217. The second-order valence-electron chi connectivity index (χ2n) is 8.99. The van der Waals surface area contributed by atoms with Gasteiger partial charge in [-0.15, -0.1) is 0 Å². The van der Waals surface area contributed by atoms with Crippen molar-refractivity contribution >= 4 is 58.2 Å². The summed E-state index contributed by atoms with van der Waals surface area (Å²) in [5, 5.41) is 1.41. The largest absolute Gasteiger partial charge is 0.490 e. The number of hydrogen-bond acceptors (Lipinski definition) is 4. The third-order valence-corrected chi connectivity index (χ3v) is 7.42. The van der Waals surface area contributed by atoms with E-state index in [9.17, 15) is 4.79 Å². The maximum absolute atomic E-state index is 13.8. The van der Waals surface area contributed by atoms with Crippen molar-refractivity contribution in [3.05, 3.63) is 129 Å². The van der Waals surface area contributed by atoms with Gasteiger partial charge in [-0.05, 0) is 60.6 Å². The Labute approximate surface area is 249 Å². The number of carbonyl (C=O) groups is 1. The Bertz CT molecular complexity index is 1560. The van der Waals surface area contributed by atoms with Crippen LogP contribution in [0, 0.1) is 0 Å². The maximum atomic E-state index is 13.8. The van der Waals surface area contributed by atoms with E-state index in [1.165, 1.54) is 0 Å². The summed E-state index contributed by atoms with van der Waals surface area (Å²) in [7, 11) is 0. The maximum Gasteiger partial charge on any atom is 0.277 e. The van der Waals surface area contributed by atoms with Crippen molar-refractivity contribution in [3.8, 4) is 11.5 Å². The van der Waals surface area contributed by atoms with Crippen molar-refractivity contribution in [1.82, 2.24) is 4.90 Å². The first kappa shape index (κ1) is 27.7. The molecule has 0 bridgehead atoms. The van der Waals surface area contributed by atoms with Crippen LogP contribution in [0.1, 0.15) is 23.6 Å². The standard InChI is InChI=1S/C32H26Cl2N2O3S/c1-2-38-29-18-24(27(34)19-30(29)39-21-23-13-9-10-16-26(23)33)17-28-31(37)35(20-22-11-5-3-6-12-22)32(40)36(28)25-14-7-4-8-15-25/h3-19H,2,20-21H2,1H3. The number of amides is 1. The number of hydrogen-bond donors (Lipinski definition) is 0. The van der Waals surface area contributed by atoms with Crippen LogP contribution in [0.15, 0.2) is 103 Å². The van der Waals surface area contributed by atoms with Gasteiger partial charge in [-0.1, -0.05) is 89.9 Å². The summed E-state index contributed by atoms with van der Waals surface area (Å²) in [6, 6.07) is 30.3. The molecule has 4 aromatic rings. The van der Waals surface area contributed by atoms with Gasteiger partial charge in [0.15, 0.2) is 16.6 Å². The Morgan fingerprint density at radius 1 is 0.825 bits per heavy atom. The quantitative estimate of drug-likeness (QED) is 0.146. The fourth-order valence-corrected chi connectivity index (χ4v) is 5.11. The van der Waals surface area contributed by atoms with Gasteiger partial charge >= 0.3 is 0 Å². The average Bonchev–Trinajstić information content (AvgIpc) is 3.19. The lowest BCUT2D eigenvalue weighted by Gasteiger charge is -2.20. The molecule has 1 heterocycles. The topological polar surface area (TPSA) is 42.0 Å². The zero-order valence-corrected chi connectivity index (χ0v) is 24.0. The van der Waals surface area contributed by atoms with Crippen molar-refractivity contribution in [2.75, 3.05) is 11.5 Å². The number of ether oxygens (including phenoxy) is 2. The third kappa shape index (κ3) is 5.99. The highest BCUT2D eigenvalue weighted by Crippen LogP contribution is 2.38. The lowest BCUT2D eigenvalue weighted by Crippen LogP contribution is -2.32. The van der Waals surface area contributed by atoms with Crippen LogP contribution in [0.25, 0.3) is 6.08 Å². The summed E-state index contributed by atoms with van der Waals surface area (Å²) < 4.78 is 11.9. The lowest BCUT2D eigenvalue weighted by molar-refractivity contribution is -0.122. The molecule has 1 aliphatic rings. The zero-order chi connectivity index (χ0) is 28.1. The van der Waals surface area contributed by atoms with Gasteiger partial charge < -0.3 is 9.47 Å². The van der Waals surface area contributed by atoms with E-state index in [4.69, 9.17) is 44.9 Å². The summed E-state index contributed by atoms with van der Waals surface area (Å²) in [4.78, 5) is 17.2. The zero-order valence-electron chi connectivity index (χ0n) is 21.7. The molecule has 0 N–H and O–H groups in total. The van der Waals surface area contributed by atoms with Crippen LogP contribution in [0.3, 0.4) is 0 Å². The molecule has 8 heteroatoms. The molecule has 5 nitrogen and oxygen atoms in total. The fraction of sp³-hybridized carbons (Fsp3) is 0.125. The van der Waals surface area contributed by atoms with Crippen LogP contribution in [0.2, 0.25) is 10.0 Å². The summed E-state index contributed by atoms with van der Waals surface area (Å²) in [5.41, 5.74) is 3.59. The third-order valence-electron chi connectivity index (χ3n) is 6.32. The molecule has 0 aliphatic carbocycles. The number of halogens is 2. The van der Waals surface area contributed by atoms with E-state index in [1.807, 2.05) is 91.9 Å². The SMILES string of the molecule is CCOc1cc(C=C2C(=O)N(Cc3ccccc3)C(=S)N2c2ccccc2)c(Cl)cc1OCc1ccccc1Cl. The van der Waals surface area contributed by atoms with Gasteiger partial charge in [-0.2, -0.15) is 0 Å². The minimum absolute atomic E-state index is 0.217. The van der Waals surface area contributed by atoms with Crippen molar-refractivity contribution in [1.29, 1.82) is 0 Å². The Balaban J connectivity index is 1.52. The van der Waals surface area contributed by atoms with Gasteiger partial charge in [0, 0.05) is 22.3 Å². The predicted octanol–water partition coefficient (Wildman–Crippen LogP) is 8.15. The van der Waals surface area contributed by atoms with E-state index in [1.54, 1.807) is 28.0 Å². The molecule has 0 aromatic heterocycles. The highest BCUT2D eigenvalue weighted by Gasteiger charge is 2.39. The summed E-state index contributed by atoms with van der Waals surface area (Å²) in [6.45, 7) is 2.91. The van der Waals surface area contributed by atoms with Crippen LogP contribution in [0.4, 0.5) is 5.69 Å². The van der Waals surface area contributed by atoms with E-state index < -0.39 is 0 Å². The van der Waals surface area contributed by atoms with Gasteiger partial charge in [0.1, 0.15) is 12.3 Å². The van der Waals surface area contributed by atoms with Crippen LogP contribution in [-0.4, -0.2) is 22.5 Å². The smallest absolute Gasteiger partial charge is 0.277 e. The van der Waals surface area contributed by atoms with Crippen molar-refractivity contribution < 1.29 is 14.3 Å². The van der Waals surface area contributed by atoms with Gasteiger partial charge in [0.25, 0.3) is 5.91 Å². The Kier molecular flexibility index (Phi) is 8.70. The van der Waals surface area contributed by atoms with Crippen molar-refractivity contribution in [2.24, 2.45) is 0 Å². The number of rotatable bonds is 9. The number of anilines is 1. The molecule has 4 aromatic carbocycles. The number of para-hydroxylation sites is 1. The summed E-state index contributed by atoms with van der Waals surface area (Å²) >= 11 is 18.9. The van der Waals surface area contributed by atoms with Gasteiger partial charge in [-0.3, -0.25) is 14.6 Å². The minimum Gasteiger partial charge on any atom is -0.490 e. The van der Waals surface area contributed by atoms with E-state index in [-0.39, 0.29) is 12.5 Å². The van der Waals surface area contributed by atoms with E-state index >= 15 is 0 Å². The van der Waals surface area contributed by atoms with Crippen molar-refractivity contribution in [3.63, 3.8) is 0 Å². The highest BCUT2D eigenvalue weighted by atomic mass is 35.5. The number of benzene rings is 4. The summed E-state index contributed by atoms with van der Waals surface area (Å²) in [6.07, 6.45) is 1.75. The first-order valence-electron chi connectivity index (χ1n) is 12.8. The number of thiocarbonyl (C=S) groups is 1. The molecule has 0 atom stereocenters. The predicted molar refractivity (Wildman–Crippen MR) is 165 cm³/mol. The van der Waals surface area contributed by atoms with E-state index in [0.717, 1.165) is 16.8 Å². The Hall–Kier alpha value is -3.84. The van der Waals surface area contributed by atoms with E-state index in [2.05, 4.69) is 0 Å². The second kappa shape index (κ2) is 12.6. The lowest BCUT2D eigenvalue weighted by atomic mass is 10.1. The Morgan fingerprint density at radius 2 is 1.48 bits per heavy atom. The monoisotopic (exact) mass is 588 g/mol. The fourth-order valence-electron chi connectivity index (χ4n) is 4.36. The van der Waals surface area contributed by atoms with Gasteiger partial charge in [0.05, 0.1) is 18.2 Å². The van der Waals surface area contributed by atoms with Crippen LogP contribution >= 0.6 is 35.4 Å². The van der Waals surface area contributed by atoms with Gasteiger partial charge in [-0.25, -0.2) is 0 Å². The molecule has 202 valence electrons. The Morgan fingerprint density at radius 3 is 2.17 bits per heavy atom. The number of carbonyl (C=O) groups excluding carboxylic acids is 1. The normalized spacial score (nSPS) is 14.2.